The summed E-state index contributed by atoms with van der Waals surface area (Å²) >= 11 is 0. The number of carbonyl (C=O) groups is 4. The molecule has 147 heavy (non-hydrogen) atoms. The third kappa shape index (κ3) is 26.9. The minimum Gasteiger partial charge on any atom is -0.396 e. The van der Waals surface area contributed by atoms with Crippen molar-refractivity contribution in [3.8, 4) is 5.69 Å². The maximum atomic E-state index is 13.3. The summed E-state index contributed by atoms with van der Waals surface area (Å²) in [6.07, 6.45) is 17.2. The zero-order valence-electron chi connectivity index (χ0n) is 82.9. The molecule has 8 N–H and O–H groups in total. The Bertz CT molecular complexity index is 6750. The minimum absolute atomic E-state index is 0.0370. The quantitative estimate of drug-likeness (QED) is 0.0135. The average molecular weight is 2020 g/mol. The summed E-state index contributed by atoms with van der Waals surface area (Å²) in [6, 6.07) is 53.0. The fourth-order valence-electron chi connectivity index (χ4n) is 21.8. The number of non-ortho nitro benzene ring substituents is 2. The van der Waals surface area contributed by atoms with Crippen LogP contribution in [0, 0.1) is 32.1 Å². The molecule has 4 aliphatic heterocycles. The number of hydrogen-bond acceptors (Lipinski definition) is 20. The topological polar surface area (TPSA) is 360 Å². The lowest BCUT2D eigenvalue weighted by Crippen LogP contribution is -2.29. The fraction of sp³-hybridized carbons (Fsp3) is 0.441. The number of rotatable bonds is 27. The summed E-state index contributed by atoms with van der Waals surface area (Å²) in [6.45, 7) is 13.3. The van der Waals surface area contributed by atoms with E-state index in [1.54, 1.807) is 6.07 Å². The van der Waals surface area contributed by atoms with E-state index in [0.717, 1.165) is 246 Å². The monoisotopic (exact) mass is 2020 g/mol. The molecule has 20 rings (SSSR count). The van der Waals surface area contributed by atoms with Gasteiger partial charge in [0.2, 0.25) is 23.8 Å². The summed E-state index contributed by atoms with van der Waals surface area (Å²) in [5.74, 6) is 0.301. The van der Waals surface area contributed by atoms with Gasteiger partial charge in [-0.1, -0.05) is 86.3 Å². The summed E-state index contributed by atoms with van der Waals surface area (Å²) < 4.78 is 87.5. The number of aliphatic hydroxyl groups excluding tert-OH is 3. The maximum Gasteiger partial charge on any atom is 0.416 e. The molecule has 0 bridgehead atoms. The van der Waals surface area contributed by atoms with Gasteiger partial charge in [-0.15, -0.1) is 0 Å². The lowest BCUT2D eigenvalue weighted by atomic mass is 9.84. The zero-order valence-corrected chi connectivity index (χ0v) is 82.9. The molecular formula is C111H129F6N19O11. The Morgan fingerprint density at radius 3 is 1.01 bits per heavy atom. The van der Waals surface area contributed by atoms with E-state index in [4.69, 9.17) is 19.9 Å². The van der Waals surface area contributed by atoms with Gasteiger partial charge >= 0.3 is 12.4 Å². The molecule has 0 unspecified atom stereocenters. The van der Waals surface area contributed by atoms with Gasteiger partial charge in [-0.2, -0.15) is 26.3 Å². The number of piperidine rings is 4. The lowest BCUT2D eigenvalue weighted by molar-refractivity contribution is -0.385. The largest absolute Gasteiger partial charge is 0.416 e. The predicted molar refractivity (Wildman–Crippen MR) is 555 cm³/mol. The first-order valence-electron chi connectivity index (χ1n) is 51.8. The second-order valence-electron chi connectivity index (χ2n) is 40.1. The van der Waals surface area contributed by atoms with E-state index in [1.807, 2.05) is 58.6 Å². The highest BCUT2D eigenvalue weighted by atomic mass is 19.4. The van der Waals surface area contributed by atoms with Crippen molar-refractivity contribution < 1.29 is 70.7 Å². The van der Waals surface area contributed by atoms with Crippen molar-refractivity contribution in [2.45, 2.75) is 230 Å². The Morgan fingerprint density at radius 1 is 0.367 bits per heavy atom. The Hall–Kier alpha value is -13.2. The third-order valence-electron chi connectivity index (χ3n) is 29.7. The van der Waals surface area contributed by atoms with E-state index in [9.17, 15) is 81.1 Å². The number of nitro benzene ring substituents is 2. The van der Waals surface area contributed by atoms with Gasteiger partial charge in [-0.05, 0) is 350 Å². The van der Waals surface area contributed by atoms with Crippen LogP contribution >= 0.6 is 0 Å². The van der Waals surface area contributed by atoms with Crippen LogP contribution in [-0.2, 0) is 45.1 Å². The number of imidazole rings is 4. The highest BCUT2D eigenvalue weighted by Crippen LogP contribution is 2.43. The van der Waals surface area contributed by atoms with Gasteiger partial charge in [-0.25, -0.2) is 19.9 Å². The first kappa shape index (κ1) is 105. The number of nitrogens with one attached hydrogen (secondary N) is 5. The van der Waals surface area contributed by atoms with Crippen molar-refractivity contribution in [3.05, 3.63) is 276 Å². The zero-order chi connectivity index (χ0) is 103. The van der Waals surface area contributed by atoms with Crippen LogP contribution in [0.1, 0.15) is 259 Å². The third-order valence-corrected chi connectivity index (χ3v) is 29.7. The van der Waals surface area contributed by atoms with Crippen molar-refractivity contribution in [3.63, 3.8) is 0 Å². The number of amides is 4. The minimum atomic E-state index is -4.53. The van der Waals surface area contributed by atoms with Gasteiger partial charge in [0.05, 0.1) is 77.8 Å². The number of nitrogens with zero attached hydrogens (tertiary/aromatic N) is 14. The number of alkyl halides is 6. The molecule has 3 aliphatic carbocycles. The van der Waals surface area contributed by atoms with E-state index < -0.39 is 57.0 Å². The van der Waals surface area contributed by atoms with Crippen molar-refractivity contribution in [1.29, 1.82) is 0 Å². The van der Waals surface area contributed by atoms with Crippen LogP contribution < -0.4 is 26.6 Å². The molecule has 7 aliphatic rings. The number of aromatic nitrogens is 8. The van der Waals surface area contributed by atoms with Gasteiger partial charge in [0.25, 0.3) is 35.0 Å². The van der Waals surface area contributed by atoms with Crippen molar-refractivity contribution >= 4 is 103 Å². The number of carbonyl (C=O) groups excluding carboxylic acids is 4. The molecule has 0 atom stereocenters. The number of benzene rings is 9. The second-order valence-corrected chi connectivity index (χ2v) is 40.1. The Kier molecular flexibility index (Phi) is 34.8. The highest BCUT2D eigenvalue weighted by Gasteiger charge is 2.36. The van der Waals surface area contributed by atoms with Crippen molar-refractivity contribution in [2.75, 3.05) is 93.8 Å². The second kappa shape index (κ2) is 48.6. The number of anilines is 4. The van der Waals surface area contributed by atoms with Crippen LogP contribution in [-0.4, -0.2) is 185 Å². The molecule has 9 aromatic carbocycles. The predicted octanol–water partition coefficient (Wildman–Crippen LogP) is 22.0. The van der Waals surface area contributed by atoms with E-state index in [2.05, 4.69) is 110 Å². The van der Waals surface area contributed by atoms with Gasteiger partial charge in [0.15, 0.2) is 0 Å². The van der Waals surface area contributed by atoms with Gasteiger partial charge < -0.3 is 34.3 Å². The standard InChI is InChI=1S/C30H38F3N5O.C28H33F3N4O2.C27H27N5O4.C26H31N5O4/c1-34-15-14-21-8-11-25(12-9-21)38-27-13-10-22(20-37-16-3-2-4-17-37)18-26(27)35-29(38)36-28(39)23-6-5-7-24(19-23)30(31,32)33;29-28(30,31)22-6-4-5-21(16-22)26(37)33-27-32-24-15-20(17-34-13-2-1-3-14-34)9-12-25(24)35(27)23-10-7-19(18-36)8-11-23;33-18-19-7-10-22(11-8-19)31-25-12-9-20(17-30-13-2-1-3-14-30)15-24(25)28-27(31)29-26(34)21-5-4-6-23(16-21)32(35)36;32-22-10-8-20(9-11-22)30-24-12-7-18(17-29-13-2-1-3-14-29)15-23(24)27-26(30)28-25(33)19-5-4-6-21(16-19)31(34)35/h5-7,10,13,18-19,21,25,34H,2-4,8-9,11-12,14-17,20H2,1H3,(H,35,36,39);4-6,9,12,15-16,19,23,36H,1-3,7-8,10-11,13-14,17-18H2,(H,32,33,37);4-12,15-16,33H,1-3,13-14,17-18H2,(H,28,29,34);4-7,12,15-16,20,22,32H,1-3,8-11,13-14,17H2,(H,27,28,33). The molecule has 8 heterocycles. The Morgan fingerprint density at radius 2 is 0.673 bits per heavy atom. The molecule has 3 saturated carbocycles. The number of likely N-dealkylation sites (tertiary alicyclic amines) is 4. The van der Waals surface area contributed by atoms with Crippen LogP contribution in [0.3, 0.4) is 0 Å². The number of nitro groups is 2. The maximum absolute atomic E-state index is 13.3. The van der Waals surface area contributed by atoms with Crippen molar-refractivity contribution in [1.82, 2.24) is 63.1 Å². The Balaban J connectivity index is 0.000000134. The van der Waals surface area contributed by atoms with E-state index >= 15 is 0 Å². The summed E-state index contributed by atoms with van der Waals surface area (Å²) in [5, 5.41) is 66.0. The summed E-state index contributed by atoms with van der Waals surface area (Å²) in [7, 11) is 1.97. The van der Waals surface area contributed by atoms with Crippen LogP contribution in [0.5, 0.6) is 0 Å². The normalized spacial score (nSPS) is 19.4. The molecule has 0 radical (unpaired) electrons. The van der Waals surface area contributed by atoms with Crippen molar-refractivity contribution in [2.24, 2.45) is 11.8 Å². The fourth-order valence-corrected chi connectivity index (χ4v) is 21.8. The summed E-state index contributed by atoms with van der Waals surface area (Å²) in [5.41, 5.74) is 11.3. The number of aliphatic hydroxyl groups is 3. The number of halogens is 6. The van der Waals surface area contributed by atoms with Crippen LogP contribution in [0.15, 0.2) is 194 Å². The number of fused-ring (bicyclic) bond motifs is 4. The molecule has 4 aromatic heterocycles. The molecule has 0 spiro atoms. The molecule has 36 heteroatoms. The Labute approximate surface area is 849 Å². The average Bonchev–Trinajstić information content (AvgIpc) is 1.63. The van der Waals surface area contributed by atoms with Crippen LogP contribution in [0.2, 0.25) is 0 Å². The number of hydrogen-bond donors (Lipinski definition) is 8. The van der Waals surface area contributed by atoms with Crippen LogP contribution in [0.4, 0.5) is 61.5 Å². The van der Waals surface area contributed by atoms with E-state index in [1.165, 1.54) is 155 Å². The SMILES string of the molecule is CNCCC1CCC(n2c(NC(=O)c3cccc(C(F)(F)F)c3)nc3cc(CN4CCCCC4)ccc32)CC1.O=C(Nc1nc2cc(CN3CCCCC3)ccc2n1-c1ccc(CO)cc1)c1cccc([N+](=O)[O-])c1.O=C(Nc1nc2cc(CN3CCCCC3)ccc2n1C1CCC(CO)CC1)c1cccc(C(F)(F)F)c1.O=C(Nc1nc2cc(CN3CCCCC3)ccc2n1C1CCC(O)CC1)c1cccc([N+](=O)[O-])c1. The molecular weight excluding hydrogens is 1890 g/mol. The van der Waals surface area contributed by atoms with Gasteiger partial charge in [0, 0.05) is 103 Å². The molecule has 4 saturated heterocycles. The molecule has 30 nitrogen and oxygen atoms in total. The van der Waals surface area contributed by atoms with Gasteiger partial charge in [-0.3, -0.25) is 84.8 Å². The molecule has 4 amide bonds. The van der Waals surface area contributed by atoms with E-state index in [0.29, 0.717) is 42.6 Å². The molecule has 7 fully saturated rings. The molecule has 776 valence electrons. The lowest BCUT2D eigenvalue weighted by Gasteiger charge is -2.30. The van der Waals surface area contributed by atoms with Gasteiger partial charge in [0.1, 0.15) is 0 Å². The smallest absolute Gasteiger partial charge is 0.396 e. The highest BCUT2D eigenvalue weighted by molar-refractivity contribution is 6.07. The first-order valence-corrected chi connectivity index (χ1v) is 51.8. The summed E-state index contributed by atoms with van der Waals surface area (Å²) in [4.78, 5) is 103. The molecule has 13 aromatic rings. The van der Waals surface area contributed by atoms with E-state index in [-0.39, 0.29) is 77.0 Å². The van der Waals surface area contributed by atoms with Crippen LogP contribution in [0.25, 0.3) is 49.8 Å². The first-order chi connectivity index (χ1) is 71.1.